The van der Waals surface area contributed by atoms with Crippen LogP contribution in [0.25, 0.3) is 0 Å². The normalized spacial score (nSPS) is 37.6. The van der Waals surface area contributed by atoms with Crippen LogP contribution >= 0.6 is 0 Å². The van der Waals surface area contributed by atoms with Gasteiger partial charge in [-0.3, -0.25) is 4.90 Å². The highest BCUT2D eigenvalue weighted by Gasteiger charge is 2.62. The first-order valence-electron chi connectivity index (χ1n) is 6.03. The van der Waals surface area contributed by atoms with Crippen molar-refractivity contribution < 1.29 is 8.42 Å². The van der Waals surface area contributed by atoms with Gasteiger partial charge in [0.1, 0.15) is 0 Å². The third kappa shape index (κ3) is 1.46. The molecular formula is C12H21NO2S. The summed E-state index contributed by atoms with van der Waals surface area (Å²) in [4.78, 5) is 2.34. The lowest BCUT2D eigenvalue weighted by atomic mass is 9.93. The molecule has 2 saturated heterocycles. The van der Waals surface area contributed by atoms with Gasteiger partial charge in [0.05, 0.1) is 10.00 Å². The van der Waals surface area contributed by atoms with E-state index in [1.165, 1.54) is 19.3 Å². The zero-order chi connectivity index (χ0) is 12.0. The Morgan fingerprint density at radius 1 is 1.25 bits per heavy atom. The molecular weight excluding hydrogens is 222 g/mol. The maximum absolute atomic E-state index is 12.1. The topological polar surface area (TPSA) is 37.4 Å². The third-order valence-electron chi connectivity index (χ3n) is 4.13. The van der Waals surface area contributed by atoms with Gasteiger partial charge >= 0.3 is 0 Å². The lowest BCUT2D eigenvalue weighted by Crippen LogP contribution is -2.72. The standard InChI is InChI=1S/C12H21NO2S/c1-4-10-11(12(2,3)16(10,14)15)13-8-6-5-7-9-13/h4,10-11H,1,5-9H2,2-3H3. The SMILES string of the molecule is C=CC1C(N2CCCCC2)C(C)(C)S1(=O)=O. The maximum Gasteiger partial charge on any atom is 0.165 e. The van der Waals surface area contributed by atoms with Crippen LogP contribution in [0.2, 0.25) is 0 Å². The van der Waals surface area contributed by atoms with Gasteiger partial charge < -0.3 is 0 Å². The maximum atomic E-state index is 12.1. The van der Waals surface area contributed by atoms with Gasteiger partial charge in [0.25, 0.3) is 0 Å². The van der Waals surface area contributed by atoms with Crippen molar-refractivity contribution in [1.82, 2.24) is 4.90 Å². The first-order chi connectivity index (χ1) is 7.43. The van der Waals surface area contributed by atoms with Crippen LogP contribution in [0.4, 0.5) is 0 Å². The van der Waals surface area contributed by atoms with Crippen molar-refractivity contribution in [2.75, 3.05) is 13.1 Å². The third-order valence-corrected chi connectivity index (χ3v) is 7.01. The average Bonchev–Trinajstić information content (AvgIpc) is 2.25. The van der Waals surface area contributed by atoms with Crippen LogP contribution in [0, 0.1) is 0 Å². The van der Waals surface area contributed by atoms with Crippen LogP contribution in [0.1, 0.15) is 33.1 Å². The molecule has 3 nitrogen and oxygen atoms in total. The molecule has 2 heterocycles. The fourth-order valence-electron chi connectivity index (χ4n) is 3.11. The van der Waals surface area contributed by atoms with Gasteiger partial charge in [-0.25, -0.2) is 8.42 Å². The minimum absolute atomic E-state index is 0.135. The zero-order valence-corrected chi connectivity index (χ0v) is 11.0. The van der Waals surface area contributed by atoms with Crippen molar-refractivity contribution in [3.8, 4) is 0 Å². The molecule has 0 bridgehead atoms. The van der Waals surface area contributed by atoms with Gasteiger partial charge in [-0.2, -0.15) is 0 Å². The van der Waals surface area contributed by atoms with Crippen LogP contribution in [0.5, 0.6) is 0 Å². The molecule has 4 heteroatoms. The van der Waals surface area contributed by atoms with E-state index in [0.29, 0.717) is 0 Å². The number of hydrogen-bond acceptors (Lipinski definition) is 3. The number of hydrogen-bond donors (Lipinski definition) is 0. The van der Waals surface area contributed by atoms with Gasteiger partial charge in [0.2, 0.25) is 0 Å². The van der Waals surface area contributed by atoms with Gasteiger partial charge in [0, 0.05) is 6.04 Å². The molecule has 0 radical (unpaired) electrons. The molecule has 2 fully saturated rings. The summed E-state index contributed by atoms with van der Waals surface area (Å²) in [6.07, 6.45) is 5.27. The summed E-state index contributed by atoms with van der Waals surface area (Å²) in [5.74, 6) is 0. The summed E-state index contributed by atoms with van der Waals surface area (Å²) in [6, 6.07) is 0.135. The molecule has 0 aromatic heterocycles. The first kappa shape index (κ1) is 12.1. The molecule has 2 rings (SSSR count). The van der Waals surface area contributed by atoms with Gasteiger partial charge in [-0.15, -0.1) is 6.58 Å². The summed E-state index contributed by atoms with van der Waals surface area (Å²) in [6.45, 7) is 9.45. The van der Waals surface area contributed by atoms with Crippen LogP contribution in [-0.4, -0.2) is 42.4 Å². The van der Waals surface area contributed by atoms with Crippen molar-refractivity contribution in [1.29, 1.82) is 0 Å². The highest BCUT2D eigenvalue weighted by molar-refractivity contribution is 7.95. The Morgan fingerprint density at radius 3 is 2.31 bits per heavy atom. The minimum Gasteiger partial charge on any atom is -0.297 e. The largest absolute Gasteiger partial charge is 0.297 e. The molecule has 0 spiro atoms. The van der Waals surface area contributed by atoms with Gasteiger partial charge in [0.15, 0.2) is 9.84 Å². The summed E-state index contributed by atoms with van der Waals surface area (Å²) < 4.78 is 23.5. The zero-order valence-electron chi connectivity index (χ0n) is 10.1. The second-order valence-electron chi connectivity index (χ2n) is 5.39. The lowest BCUT2D eigenvalue weighted by Gasteiger charge is -2.54. The number of rotatable bonds is 2. The Morgan fingerprint density at radius 2 is 1.81 bits per heavy atom. The van der Waals surface area contributed by atoms with E-state index in [9.17, 15) is 8.42 Å². The Hall–Kier alpha value is -0.350. The van der Waals surface area contributed by atoms with E-state index < -0.39 is 14.6 Å². The summed E-state index contributed by atoms with van der Waals surface area (Å²) in [7, 11) is -3.01. The average molecular weight is 243 g/mol. The molecule has 16 heavy (non-hydrogen) atoms. The quantitative estimate of drug-likeness (QED) is 0.691. The van der Waals surface area contributed by atoms with Crippen LogP contribution in [0.15, 0.2) is 12.7 Å². The molecule has 2 atom stereocenters. The molecule has 0 aromatic rings. The molecule has 2 unspecified atom stereocenters. The summed E-state index contributed by atoms with van der Waals surface area (Å²) >= 11 is 0. The van der Waals surface area contributed by atoms with Crippen LogP contribution < -0.4 is 0 Å². The molecule has 0 N–H and O–H groups in total. The number of piperidine rings is 1. The minimum atomic E-state index is -3.01. The van der Waals surface area contributed by atoms with Crippen molar-refractivity contribution >= 4 is 9.84 Å². The van der Waals surface area contributed by atoms with E-state index in [0.717, 1.165) is 13.1 Å². The van der Waals surface area contributed by atoms with Gasteiger partial charge in [-0.05, 0) is 39.8 Å². The Bertz CT molecular complexity index is 380. The Kier molecular flexibility index (Phi) is 2.91. The van der Waals surface area contributed by atoms with E-state index >= 15 is 0 Å². The smallest absolute Gasteiger partial charge is 0.165 e. The fourth-order valence-corrected chi connectivity index (χ4v) is 5.33. The van der Waals surface area contributed by atoms with E-state index in [2.05, 4.69) is 11.5 Å². The molecule has 0 saturated carbocycles. The van der Waals surface area contributed by atoms with E-state index in [1.807, 2.05) is 13.8 Å². The monoisotopic (exact) mass is 243 g/mol. The van der Waals surface area contributed by atoms with Crippen LogP contribution in [0.3, 0.4) is 0 Å². The Labute approximate surface area is 98.4 Å². The number of likely N-dealkylation sites (tertiary alicyclic amines) is 1. The molecule has 2 aliphatic heterocycles. The summed E-state index contributed by atoms with van der Waals surface area (Å²) in [5.41, 5.74) is 0. The van der Waals surface area contributed by atoms with E-state index in [-0.39, 0.29) is 11.3 Å². The highest BCUT2D eigenvalue weighted by Crippen LogP contribution is 2.44. The number of nitrogens with zero attached hydrogens (tertiary/aromatic N) is 1. The van der Waals surface area contributed by atoms with Crippen molar-refractivity contribution in [2.45, 2.75) is 49.1 Å². The van der Waals surface area contributed by atoms with Crippen molar-refractivity contribution in [3.63, 3.8) is 0 Å². The Balaban J connectivity index is 2.24. The van der Waals surface area contributed by atoms with Crippen LogP contribution in [-0.2, 0) is 9.84 Å². The van der Waals surface area contributed by atoms with E-state index in [1.54, 1.807) is 6.08 Å². The lowest BCUT2D eigenvalue weighted by molar-refractivity contribution is 0.121. The summed E-state index contributed by atoms with van der Waals surface area (Å²) in [5, 5.41) is -0.361. The van der Waals surface area contributed by atoms with E-state index in [4.69, 9.17) is 0 Å². The highest BCUT2D eigenvalue weighted by atomic mass is 32.2. The molecule has 0 aromatic carbocycles. The fraction of sp³-hybridized carbons (Fsp3) is 0.833. The second-order valence-corrected chi connectivity index (χ2v) is 8.08. The predicted octanol–water partition coefficient (Wildman–Crippen LogP) is 1.60. The molecule has 92 valence electrons. The molecule has 0 amide bonds. The predicted molar refractivity (Wildman–Crippen MR) is 66.2 cm³/mol. The van der Waals surface area contributed by atoms with Crippen molar-refractivity contribution in [3.05, 3.63) is 12.7 Å². The number of sulfone groups is 1. The molecule has 0 aliphatic carbocycles. The molecule has 2 aliphatic rings. The van der Waals surface area contributed by atoms with Gasteiger partial charge in [-0.1, -0.05) is 12.5 Å². The first-order valence-corrected chi connectivity index (χ1v) is 7.57. The second kappa shape index (κ2) is 3.84. The van der Waals surface area contributed by atoms with Crippen molar-refractivity contribution in [2.24, 2.45) is 0 Å².